The van der Waals surface area contributed by atoms with E-state index in [1.54, 1.807) is 14.1 Å². The van der Waals surface area contributed by atoms with Gasteiger partial charge in [-0.1, -0.05) is 26.7 Å². The second-order valence-corrected chi connectivity index (χ2v) is 11.0. The highest BCUT2D eigenvalue weighted by atomic mass is 16.5. The van der Waals surface area contributed by atoms with Crippen LogP contribution in [0, 0.1) is 0 Å². The van der Waals surface area contributed by atoms with Crippen molar-refractivity contribution in [1.82, 2.24) is 54.1 Å². The molecule has 5 rings (SSSR count). The summed E-state index contributed by atoms with van der Waals surface area (Å²) in [6.45, 7) is 3.37. The van der Waals surface area contributed by atoms with Crippen molar-refractivity contribution in [1.29, 1.82) is 0 Å². The average Bonchev–Trinajstić information content (AvgIpc) is 3.86. The number of nitrogen functional groups attached to an aromatic ring is 2. The molecule has 0 atom stereocenters. The van der Waals surface area contributed by atoms with Gasteiger partial charge in [0.05, 0.1) is 36.5 Å². The number of carbonyl (C=O) groups is 2. The van der Waals surface area contributed by atoms with Gasteiger partial charge in [-0.2, -0.15) is 44.7 Å². The van der Waals surface area contributed by atoms with Crippen LogP contribution in [0.4, 0.5) is 34.6 Å². The van der Waals surface area contributed by atoms with Crippen molar-refractivity contribution in [3.63, 3.8) is 0 Å². The number of Topliss-reactive ketones (excluding diaryl/α,β-unsaturated/α-hetero) is 1. The number of methoxy groups -OCH3 is 1. The zero-order valence-corrected chi connectivity index (χ0v) is 28.2. The summed E-state index contributed by atoms with van der Waals surface area (Å²) in [6, 6.07) is 0. The van der Waals surface area contributed by atoms with Crippen LogP contribution in [0.2, 0.25) is 0 Å². The number of hydrogen-bond acceptors (Lipinski definition) is 17. The number of hydrogen-bond donors (Lipinski definition) is 3. The largest absolute Gasteiger partial charge is 0.465 e. The number of nitrogens with two attached hydrogens (primary N) is 2. The number of ketones is 1. The predicted octanol–water partition coefficient (Wildman–Crippen LogP) is 3.35. The van der Waals surface area contributed by atoms with E-state index in [0.717, 1.165) is 25.7 Å². The van der Waals surface area contributed by atoms with Gasteiger partial charge in [0.2, 0.25) is 0 Å². The topological polar surface area (TPSA) is 275 Å². The number of rotatable bonds is 15. The predicted molar refractivity (Wildman–Crippen MR) is 178 cm³/mol. The van der Waals surface area contributed by atoms with Crippen LogP contribution in [0.3, 0.4) is 0 Å². The van der Waals surface area contributed by atoms with Crippen LogP contribution in [0.15, 0.2) is 39.2 Å². The highest BCUT2D eigenvalue weighted by Gasteiger charge is 2.23. The van der Waals surface area contributed by atoms with Crippen molar-refractivity contribution in [2.45, 2.75) is 52.4 Å². The lowest BCUT2D eigenvalue weighted by Crippen LogP contribution is -2.12. The lowest BCUT2D eigenvalue weighted by molar-refractivity contribution is 0.0601. The number of ether oxygens (including phenoxy) is 1. The molecule has 5 N–H and O–H groups in total. The molecule has 0 amide bonds. The maximum atomic E-state index is 12.2. The molecule has 0 aliphatic carbocycles. The van der Waals surface area contributed by atoms with E-state index in [0.29, 0.717) is 24.2 Å². The van der Waals surface area contributed by atoms with Crippen LogP contribution in [-0.2, 0) is 31.7 Å². The molecule has 0 radical (unpaired) electrons. The van der Waals surface area contributed by atoms with Crippen LogP contribution in [0.25, 0.3) is 11.9 Å². The maximum absolute atomic E-state index is 12.2. The normalized spacial score (nSPS) is 11.7. The summed E-state index contributed by atoms with van der Waals surface area (Å²) in [5.74, 6) is -0.569. The first-order chi connectivity index (χ1) is 24.1. The Bertz CT molecular complexity index is 1930. The number of aromatic nitrogens is 11. The van der Waals surface area contributed by atoms with Crippen LogP contribution in [0.5, 0.6) is 0 Å². The van der Waals surface area contributed by atoms with Crippen molar-refractivity contribution < 1.29 is 19.4 Å². The van der Waals surface area contributed by atoms with E-state index in [2.05, 4.69) is 55.8 Å². The Labute approximate surface area is 285 Å². The Balaban J connectivity index is 1.55. The van der Waals surface area contributed by atoms with E-state index >= 15 is 0 Å². The van der Waals surface area contributed by atoms with Gasteiger partial charge in [0.25, 0.3) is 11.9 Å². The molecule has 0 aromatic carbocycles. The molecule has 262 valence electrons. The molecule has 21 nitrogen and oxygen atoms in total. The summed E-state index contributed by atoms with van der Waals surface area (Å²) in [4.78, 5) is 37.6. The van der Waals surface area contributed by atoms with Crippen molar-refractivity contribution in [2.75, 3.05) is 25.2 Å². The van der Waals surface area contributed by atoms with Gasteiger partial charge in [-0.25, -0.2) is 14.2 Å². The summed E-state index contributed by atoms with van der Waals surface area (Å²) < 4.78 is 10.2. The lowest BCUT2D eigenvalue weighted by atomic mass is 10.2. The van der Waals surface area contributed by atoms with Crippen molar-refractivity contribution in [2.24, 2.45) is 34.6 Å². The van der Waals surface area contributed by atoms with Gasteiger partial charge in [0.1, 0.15) is 18.5 Å². The Hall–Kier alpha value is -6.25. The van der Waals surface area contributed by atoms with E-state index in [9.17, 15) is 14.7 Å². The number of anilines is 2. The van der Waals surface area contributed by atoms with Gasteiger partial charge in [0.15, 0.2) is 40.4 Å². The minimum absolute atomic E-state index is 0.0502. The molecule has 0 saturated carbocycles. The molecule has 0 bridgehead atoms. The number of aliphatic hydroxyl groups is 1. The van der Waals surface area contributed by atoms with Gasteiger partial charge < -0.3 is 21.3 Å². The third-order valence-corrected chi connectivity index (χ3v) is 7.54. The van der Waals surface area contributed by atoms with Gasteiger partial charge >= 0.3 is 5.97 Å². The van der Waals surface area contributed by atoms with Gasteiger partial charge in [-0.3, -0.25) is 4.79 Å². The van der Waals surface area contributed by atoms with Crippen molar-refractivity contribution in [3.8, 4) is 11.9 Å². The number of aliphatic hydroxyl groups excluding tert-OH is 1. The first-order valence-corrected chi connectivity index (χ1v) is 15.7. The summed E-state index contributed by atoms with van der Waals surface area (Å²) in [6.07, 6.45) is 8.28. The molecule has 5 aromatic heterocycles. The van der Waals surface area contributed by atoms with Crippen LogP contribution in [0.1, 0.15) is 71.6 Å². The number of carbonyl (C=O) groups excluding carboxylic acids is 2. The molecule has 5 heterocycles. The Morgan fingerprint density at radius 3 is 1.74 bits per heavy atom. The molecule has 0 spiro atoms. The molecular formula is C29H37N17O4. The first kappa shape index (κ1) is 35.1. The minimum Gasteiger partial charge on any atom is -0.465 e. The van der Waals surface area contributed by atoms with Crippen LogP contribution in [-0.4, -0.2) is 84.6 Å². The quantitative estimate of drug-likeness (QED) is 0.0810. The fourth-order valence-electron chi connectivity index (χ4n) is 4.80. The molecule has 21 heteroatoms. The van der Waals surface area contributed by atoms with E-state index < -0.39 is 18.4 Å². The molecular weight excluding hydrogens is 650 g/mol. The molecule has 50 heavy (non-hydrogen) atoms. The molecule has 0 unspecified atom stereocenters. The van der Waals surface area contributed by atoms with Crippen LogP contribution < -0.4 is 11.5 Å². The van der Waals surface area contributed by atoms with Gasteiger partial charge in [0, 0.05) is 14.1 Å². The Morgan fingerprint density at radius 1 is 0.800 bits per heavy atom. The second kappa shape index (κ2) is 15.3. The SMILES string of the molecule is CCCCc1nn(-c2ncnc(-n3nc(CCCC)c(N=Nc4c(C(=O)OC)cnn4C)c3N)n2)c(N)c1N=Nc1c(C(=O)CO)cnn1C. The molecule has 0 aliphatic heterocycles. The fraction of sp³-hybridized carbons (Fsp3) is 0.414. The summed E-state index contributed by atoms with van der Waals surface area (Å²) >= 11 is 0. The first-order valence-electron chi connectivity index (χ1n) is 15.7. The highest BCUT2D eigenvalue weighted by molar-refractivity contribution is 6.00. The molecule has 5 aromatic rings. The fourth-order valence-corrected chi connectivity index (χ4v) is 4.80. The molecule has 0 fully saturated rings. The monoisotopic (exact) mass is 687 g/mol. The standard InChI is InChI=1S/C29H37N17O4/c1-6-8-10-18-21(37-39-25-16(20(48)14-47)12-34-43(25)3)23(30)45(41-18)28-32-15-33-29(36-28)46-24(31)22(19(42-46)11-9-7-2)38-40-26-17(27(49)50-5)13-35-44(26)4/h12-13,15,47H,6-11,14,30-31H2,1-5H3. The number of nitrogens with zero attached hydrogens (tertiary/aromatic N) is 15. The summed E-state index contributed by atoms with van der Waals surface area (Å²) in [7, 11) is 4.48. The number of unbranched alkanes of at least 4 members (excludes halogenated alkanes) is 2. The zero-order chi connectivity index (χ0) is 35.9. The van der Waals surface area contributed by atoms with Crippen molar-refractivity contribution >= 4 is 46.4 Å². The summed E-state index contributed by atoms with van der Waals surface area (Å²) in [5.41, 5.74) is 15.0. The second-order valence-electron chi connectivity index (χ2n) is 11.0. The smallest absolute Gasteiger partial charge is 0.343 e. The third kappa shape index (κ3) is 6.97. The number of esters is 1. The zero-order valence-electron chi connectivity index (χ0n) is 28.2. The Kier molecular flexibility index (Phi) is 10.7. The van der Waals surface area contributed by atoms with E-state index in [4.69, 9.17) is 16.2 Å². The minimum atomic E-state index is -0.705. The lowest BCUT2D eigenvalue weighted by Gasteiger charge is -2.05. The van der Waals surface area contributed by atoms with Gasteiger partial charge in [-0.05, 0) is 25.7 Å². The number of azo groups is 2. The molecule has 0 aliphatic rings. The average molecular weight is 688 g/mol. The van der Waals surface area contributed by atoms with E-state index in [1.807, 2.05) is 13.8 Å². The highest BCUT2D eigenvalue weighted by Crippen LogP contribution is 2.34. The van der Waals surface area contributed by atoms with E-state index in [1.165, 1.54) is 44.6 Å². The maximum Gasteiger partial charge on any atom is 0.343 e. The van der Waals surface area contributed by atoms with Crippen molar-refractivity contribution in [3.05, 3.63) is 41.2 Å². The van der Waals surface area contributed by atoms with Crippen LogP contribution >= 0.6 is 0 Å². The number of aryl methyl sites for hydroxylation is 4. The Morgan fingerprint density at radius 2 is 1.28 bits per heavy atom. The molecule has 0 saturated heterocycles. The summed E-state index contributed by atoms with van der Waals surface area (Å²) in [5, 5.41) is 44.0. The van der Waals surface area contributed by atoms with E-state index in [-0.39, 0.29) is 57.7 Å². The third-order valence-electron chi connectivity index (χ3n) is 7.54. The van der Waals surface area contributed by atoms with Gasteiger partial charge in [-0.15, -0.1) is 20.5 Å².